The van der Waals surface area contributed by atoms with Gasteiger partial charge in [0, 0.05) is 6.20 Å². The zero-order valence-corrected chi connectivity index (χ0v) is 10.7. The highest BCUT2D eigenvalue weighted by Gasteiger charge is 2.22. The van der Waals surface area contributed by atoms with Gasteiger partial charge in [-0.1, -0.05) is 11.6 Å². The Bertz CT molecular complexity index is 491. The third-order valence-electron chi connectivity index (χ3n) is 3.05. The number of aromatic hydroxyl groups is 1. The van der Waals surface area contributed by atoms with Crippen LogP contribution in [0.4, 0.5) is 10.5 Å². The number of anilines is 1. The summed E-state index contributed by atoms with van der Waals surface area (Å²) in [5.41, 5.74) is 2.55. The highest BCUT2D eigenvalue weighted by molar-refractivity contribution is 5.91. The van der Waals surface area contributed by atoms with E-state index in [1.165, 1.54) is 18.4 Å². The van der Waals surface area contributed by atoms with E-state index >= 15 is 0 Å². The van der Waals surface area contributed by atoms with Crippen molar-refractivity contribution in [2.24, 2.45) is 5.92 Å². The molecule has 0 saturated heterocycles. The number of carbonyl (C=O) groups excluding carboxylic acids is 1. The molecular weight excluding hydrogens is 228 g/mol. The van der Waals surface area contributed by atoms with Gasteiger partial charge >= 0.3 is 6.03 Å². The van der Waals surface area contributed by atoms with Crippen LogP contribution in [0.5, 0.6) is 5.75 Å². The second-order valence-electron chi connectivity index (χ2n) is 4.78. The van der Waals surface area contributed by atoms with Gasteiger partial charge in [0.25, 0.3) is 0 Å². The van der Waals surface area contributed by atoms with E-state index in [0.717, 1.165) is 5.56 Å². The molecule has 0 heterocycles. The molecule has 0 unspecified atom stereocenters. The lowest BCUT2D eigenvalue weighted by atomic mass is 10.2. The zero-order chi connectivity index (χ0) is 13.1. The number of benzene rings is 1. The normalized spacial score (nSPS) is 15.3. The van der Waals surface area contributed by atoms with Gasteiger partial charge < -0.3 is 15.7 Å². The van der Waals surface area contributed by atoms with Gasteiger partial charge in [0.05, 0.1) is 5.69 Å². The number of phenolic OH excluding ortho intramolecular Hbond substituents is 1. The van der Waals surface area contributed by atoms with Crippen LogP contribution in [0.1, 0.15) is 25.3 Å². The molecule has 3 N–H and O–H groups in total. The minimum absolute atomic E-state index is 0.0769. The van der Waals surface area contributed by atoms with E-state index in [-0.39, 0.29) is 11.8 Å². The van der Waals surface area contributed by atoms with E-state index in [1.54, 1.807) is 18.3 Å². The summed E-state index contributed by atoms with van der Waals surface area (Å²) >= 11 is 0. The number of phenols is 1. The average molecular weight is 246 g/mol. The van der Waals surface area contributed by atoms with Crippen molar-refractivity contribution < 1.29 is 9.90 Å². The van der Waals surface area contributed by atoms with Gasteiger partial charge in [-0.05, 0) is 50.3 Å². The minimum Gasteiger partial charge on any atom is -0.506 e. The Kier molecular flexibility index (Phi) is 3.55. The van der Waals surface area contributed by atoms with Gasteiger partial charge in [0.15, 0.2) is 0 Å². The average Bonchev–Trinajstić information content (AvgIpc) is 3.14. The quantitative estimate of drug-likeness (QED) is 0.717. The van der Waals surface area contributed by atoms with Crippen LogP contribution in [0.3, 0.4) is 0 Å². The maximum atomic E-state index is 11.6. The molecule has 1 aliphatic rings. The Morgan fingerprint density at radius 2 is 2.17 bits per heavy atom. The Hall–Kier alpha value is -1.97. The lowest BCUT2D eigenvalue weighted by Crippen LogP contribution is -2.24. The summed E-state index contributed by atoms with van der Waals surface area (Å²) in [4.78, 5) is 11.6. The number of hydrogen-bond acceptors (Lipinski definition) is 2. The standard InChI is InChI=1S/C14H18N2O2/c1-9-3-6-12(13(17)7-9)16-14(18)15-8-10(2)11-4-5-11/h3,6-8,11,17H,4-5H2,1-2H3,(H2,15,16,18)/b10-8+. The molecular formula is C14H18N2O2. The van der Waals surface area contributed by atoms with Gasteiger partial charge in [-0.3, -0.25) is 0 Å². The fraction of sp³-hybridized carbons (Fsp3) is 0.357. The summed E-state index contributed by atoms with van der Waals surface area (Å²) in [6.45, 7) is 3.90. The number of allylic oxidation sites excluding steroid dienone is 1. The zero-order valence-electron chi connectivity index (χ0n) is 10.7. The summed E-state index contributed by atoms with van der Waals surface area (Å²) in [7, 11) is 0. The molecule has 4 heteroatoms. The lowest BCUT2D eigenvalue weighted by Gasteiger charge is -2.08. The van der Waals surface area contributed by atoms with E-state index in [4.69, 9.17) is 0 Å². The van der Waals surface area contributed by atoms with Gasteiger partial charge in [-0.25, -0.2) is 4.79 Å². The van der Waals surface area contributed by atoms with E-state index in [9.17, 15) is 9.90 Å². The molecule has 1 fully saturated rings. The molecule has 1 aromatic rings. The third-order valence-corrected chi connectivity index (χ3v) is 3.05. The van der Waals surface area contributed by atoms with Crippen molar-refractivity contribution in [3.05, 3.63) is 35.5 Å². The van der Waals surface area contributed by atoms with Crippen molar-refractivity contribution in [1.82, 2.24) is 5.32 Å². The van der Waals surface area contributed by atoms with Crippen LogP contribution in [-0.4, -0.2) is 11.1 Å². The SMILES string of the molecule is C/C(=C\NC(=O)Nc1ccc(C)cc1O)C1CC1. The second kappa shape index (κ2) is 5.12. The Balaban J connectivity index is 1.92. The molecule has 0 atom stereocenters. The van der Waals surface area contributed by atoms with Crippen LogP contribution in [0.2, 0.25) is 0 Å². The van der Waals surface area contributed by atoms with Crippen LogP contribution in [0.25, 0.3) is 0 Å². The van der Waals surface area contributed by atoms with Crippen molar-refractivity contribution in [3.63, 3.8) is 0 Å². The summed E-state index contributed by atoms with van der Waals surface area (Å²) < 4.78 is 0. The summed E-state index contributed by atoms with van der Waals surface area (Å²) in [6.07, 6.45) is 4.16. The van der Waals surface area contributed by atoms with Crippen LogP contribution in [0.15, 0.2) is 30.0 Å². The third kappa shape index (κ3) is 3.26. The number of aryl methyl sites for hydroxylation is 1. The number of nitrogens with one attached hydrogen (secondary N) is 2. The van der Waals surface area contributed by atoms with Crippen LogP contribution < -0.4 is 10.6 Å². The predicted octanol–water partition coefficient (Wildman–Crippen LogP) is 3.14. The number of hydrogen-bond donors (Lipinski definition) is 3. The van der Waals surface area contributed by atoms with Crippen molar-refractivity contribution in [3.8, 4) is 5.75 Å². The Morgan fingerprint density at radius 3 is 2.78 bits per heavy atom. The van der Waals surface area contributed by atoms with E-state index in [1.807, 2.05) is 19.9 Å². The molecule has 1 saturated carbocycles. The minimum atomic E-state index is -0.339. The molecule has 4 nitrogen and oxygen atoms in total. The first-order valence-electron chi connectivity index (χ1n) is 6.10. The molecule has 0 aliphatic heterocycles. The lowest BCUT2D eigenvalue weighted by molar-refractivity contribution is 0.255. The molecule has 18 heavy (non-hydrogen) atoms. The van der Waals surface area contributed by atoms with Gasteiger partial charge in [0.1, 0.15) is 5.75 Å². The number of carbonyl (C=O) groups is 1. The Morgan fingerprint density at radius 1 is 1.44 bits per heavy atom. The molecule has 2 amide bonds. The van der Waals surface area contributed by atoms with Crippen LogP contribution in [0, 0.1) is 12.8 Å². The highest BCUT2D eigenvalue weighted by atomic mass is 16.3. The van der Waals surface area contributed by atoms with Crippen LogP contribution >= 0.6 is 0 Å². The van der Waals surface area contributed by atoms with Crippen molar-refractivity contribution >= 4 is 11.7 Å². The van der Waals surface area contributed by atoms with Crippen molar-refractivity contribution in [1.29, 1.82) is 0 Å². The maximum absolute atomic E-state index is 11.6. The molecule has 0 bridgehead atoms. The molecule has 0 radical (unpaired) electrons. The van der Waals surface area contributed by atoms with Gasteiger partial charge in [0.2, 0.25) is 0 Å². The summed E-state index contributed by atoms with van der Waals surface area (Å²) in [5.74, 6) is 0.714. The first kappa shape index (κ1) is 12.5. The van der Waals surface area contributed by atoms with Gasteiger partial charge in [-0.15, -0.1) is 0 Å². The first-order chi connectivity index (χ1) is 8.56. The fourth-order valence-corrected chi connectivity index (χ4v) is 1.74. The van der Waals surface area contributed by atoms with E-state index < -0.39 is 0 Å². The maximum Gasteiger partial charge on any atom is 0.323 e. The van der Waals surface area contributed by atoms with Crippen molar-refractivity contribution in [2.45, 2.75) is 26.7 Å². The molecule has 1 aliphatic carbocycles. The largest absolute Gasteiger partial charge is 0.506 e. The molecule has 96 valence electrons. The highest BCUT2D eigenvalue weighted by Crippen LogP contribution is 2.35. The molecule has 0 spiro atoms. The monoisotopic (exact) mass is 246 g/mol. The smallest absolute Gasteiger partial charge is 0.323 e. The van der Waals surface area contributed by atoms with Crippen LogP contribution in [-0.2, 0) is 0 Å². The van der Waals surface area contributed by atoms with E-state index in [2.05, 4.69) is 10.6 Å². The molecule has 0 aromatic heterocycles. The predicted molar refractivity (Wildman–Crippen MR) is 71.5 cm³/mol. The van der Waals surface area contributed by atoms with E-state index in [0.29, 0.717) is 11.6 Å². The molecule has 1 aromatic carbocycles. The number of amides is 2. The fourth-order valence-electron chi connectivity index (χ4n) is 1.74. The Labute approximate surface area is 107 Å². The topological polar surface area (TPSA) is 61.4 Å². The number of rotatable bonds is 3. The molecule has 2 rings (SSSR count). The number of urea groups is 1. The summed E-state index contributed by atoms with van der Waals surface area (Å²) in [6, 6.07) is 4.79. The van der Waals surface area contributed by atoms with Gasteiger partial charge in [-0.2, -0.15) is 0 Å². The first-order valence-corrected chi connectivity index (χ1v) is 6.10. The second-order valence-corrected chi connectivity index (χ2v) is 4.78. The summed E-state index contributed by atoms with van der Waals surface area (Å²) in [5, 5.41) is 14.9. The van der Waals surface area contributed by atoms with Crippen molar-refractivity contribution in [2.75, 3.05) is 5.32 Å².